The van der Waals surface area contributed by atoms with Gasteiger partial charge >= 0.3 is 5.97 Å². The van der Waals surface area contributed by atoms with Crippen LogP contribution in [0.1, 0.15) is 70.3 Å². The van der Waals surface area contributed by atoms with Crippen LogP contribution in [-0.4, -0.2) is 59.4 Å². The summed E-state index contributed by atoms with van der Waals surface area (Å²) in [6.07, 6.45) is 6.68. The minimum atomic E-state index is -0.639. The molecule has 0 unspecified atom stereocenters. The topological polar surface area (TPSA) is 66.9 Å². The fourth-order valence-corrected chi connectivity index (χ4v) is 6.30. The summed E-state index contributed by atoms with van der Waals surface area (Å²) in [5, 5.41) is 0. The average molecular weight is 491 g/mol. The predicted octanol–water partition coefficient (Wildman–Crippen LogP) is 4.25. The molecule has 2 saturated heterocycles. The van der Waals surface area contributed by atoms with Gasteiger partial charge in [0, 0.05) is 38.7 Å². The Bertz CT molecular complexity index is 954. The van der Waals surface area contributed by atoms with Crippen molar-refractivity contribution >= 4 is 17.8 Å². The third kappa shape index (κ3) is 5.36. The van der Waals surface area contributed by atoms with E-state index in [0.29, 0.717) is 44.3 Å². The molecule has 192 valence electrons. The highest BCUT2D eigenvalue weighted by Crippen LogP contribution is 2.45. The number of carbonyl (C=O) groups is 3. The van der Waals surface area contributed by atoms with Gasteiger partial charge in [0.05, 0.1) is 12.3 Å². The molecule has 0 aromatic heterocycles. The molecule has 1 aromatic rings. The van der Waals surface area contributed by atoms with Gasteiger partial charge in [-0.05, 0) is 62.5 Å². The normalized spacial score (nSPS) is 23.3. The molecule has 1 saturated carbocycles. The van der Waals surface area contributed by atoms with Crippen molar-refractivity contribution in [2.75, 3.05) is 20.1 Å². The molecule has 1 aromatic carbocycles. The van der Waals surface area contributed by atoms with Gasteiger partial charge in [-0.1, -0.05) is 19.4 Å². The number of rotatable bonds is 6. The van der Waals surface area contributed by atoms with Crippen LogP contribution < -0.4 is 0 Å². The summed E-state index contributed by atoms with van der Waals surface area (Å²) in [5.41, 5.74) is -0.258. The van der Waals surface area contributed by atoms with E-state index in [2.05, 4.69) is 0 Å². The number of hydrogen-bond acceptors (Lipinski definition) is 4. The molecular weight excluding hydrogens is 454 g/mol. The van der Waals surface area contributed by atoms with Crippen molar-refractivity contribution in [1.82, 2.24) is 9.80 Å². The van der Waals surface area contributed by atoms with E-state index in [0.717, 1.165) is 38.2 Å². The Morgan fingerprint density at radius 2 is 1.86 bits per heavy atom. The second kappa shape index (κ2) is 10.6. The van der Waals surface area contributed by atoms with Gasteiger partial charge in [-0.15, -0.1) is 0 Å². The maximum Gasteiger partial charge on any atom is 0.307 e. The second-order valence-electron chi connectivity index (χ2n) is 10.4. The molecule has 1 aliphatic carbocycles. The molecule has 35 heavy (non-hydrogen) atoms. The lowest BCUT2D eigenvalue weighted by Gasteiger charge is -2.42. The van der Waals surface area contributed by atoms with E-state index >= 15 is 0 Å². The van der Waals surface area contributed by atoms with Crippen molar-refractivity contribution in [2.45, 2.75) is 82.8 Å². The Balaban J connectivity index is 1.45. The maximum absolute atomic E-state index is 14.4. The first-order valence-corrected chi connectivity index (χ1v) is 12.9. The van der Waals surface area contributed by atoms with Crippen LogP contribution in [0, 0.1) is 23.5 Å². The van der Waals surface area contributed by atoms with Crippen molar-refractivity contribution in [3.05, 3.63) is 35.4 Å². The van der Waals surface area contributed by atoms with Gasteiger partial charge in [-0.2, -0.15) is 0 Å². The Morgan fingerprint density at radius 1 is 1.17 bits per heavy atom. The molecule has 0 N–H and O–H groups in total. The van der Waals surface area contributed by atoms with Gasteiger partial charge in [-0.3, -0.25) is 14.4 Å². The standard InChI is InChI=1S/C27H36F2N2O4/c1-3-24(32)30(2)23(15-19-7-8-20(28)16-22(19)29)18-9-13-31(14-10-18)26(34)21-17-25(33)35-27(21)11-5-4-6-12-27/h7-8,16,18,21,23H,3-6,9-15,17H2,1-2H3/t21-,23+/m0/s1. The fourth-order valence-electron chi connectivity index (χ4n) is 6.30. The van der Waals surface area contributed by atoms with Crippen molar-refractivity contribution in [1.29, 1.82) is 0 Å². The highest BCUT2D eigenvalue weighted by Gasteiger charge is 2.54. The van der Waals surface area contributed by atoms with Crippen LogP contribution in [0.3, 0.4) is 0 Å². The van der Waals surface area contributed by atoms with Gasteiger partial charge in [0.25, 0.3) is 0 Å². The monoisotopic (exact) mass is 490 g/mol. The Morgan fingerprint density at radius 3 is 2.49 bits per heavy atom. The number of likely N-dealkylation sites (N-methyl/N-ethyl adjacent to an activating group) is 1. The quantitative estimate of drug-likeness (QED) is 0.560. The highest BCUT2D eigenvalue weighted by atomic mass is 19.1. The molecule has 1 spiro atoms. The summed E-state index contributed by atoms with van der Waals surface area (Å²) in [5.74, 6) is -1.89. The van der Waals surface area contributed by atoms with E-state index in [1.807, 2.05) is 4.90 Å². The third-order valence-corrected chi connectivity index (χ3v) is 8.35. The lowest BCUT2D eigenvalue weighted by molar-refractivity contribution is -0.156. The van der Waals surface area contributed by atoms with Gasteiger partial charge in [0.1, 0.15) is 17.2 Å². The van der Waals surface area contributed by atoms with Crippen LogP contribution in [0.15, 0.2) is 18.2 Å². The largest absolute Gasteiger partial charge is 0.458 e. The molecule has 8 heteroatoms. The number of hydrogen-bond donors (Lipinski definition) is 0. The summed E-state index contributed by atoms with van der Waals surface area (Å²) >= 11 is 0. The minimum absolute atomic E-state index is 0.00434. The zero-order chi connectivity index (χ0) is 25.2. The van der Waals surface area contributed by atoms with Crippen molar-refractivity contribution in [3.8, 4) is 0 Å². The Kier molecular flexibility index (Phi) is 7.77. The molecule has 0 radical (unpaired) electrons. The van der Waals surface area contributed by atoms with Crippen LogP contribution in [0.4, 0.5) is 8.78 Å². The van der Waals surface area contributed by atoms with E-state index in [4.69, 9.17) is 4.74 Å². The zero-order valence-corrected chi connectivity index (χ0v) is 20.7. The molecule has 2 aliphatic heterocycles. The van der Waals surface area contributed by atoms with Crippen LogP contribution in [0.2, 0.25) is 0 Å². The zero-order valence-electron chi connectivity index (χ0n) is 20.7. The smallest absolute Gasteiger partial charge is 0.307 e. The molecular formula is C27H36F2N2O4. The molecule has 6 nitrogen and oxygen atoms in total. The summed E-state index contributed by atoms with van der Waals surface area (Å²) in [6.45, 7) is 2.85. The van der Waals surface area contributed by atoms with E-state index in [9.17, 15) is 23.2 Å². The van der Waals surface area contributed by atoms with Gasteiger partial charge in [0.15, 0.2) is 0 Å². The van der Waals surface area contributed by atoms with E-state index < -0.39 is 23.2 Å². The second-order valence-corrected chi connectivity index (χ2v) is 10.4. The first-order chi connectivity index (χ1) is 16.7. The number of halogens is 2. The van der Waals surface area contributed by atoms with Crippen molar-refractivity contribution in [3.63, 3.8) is 0 Å². The number of benzene rings is 1. The van der Waals surface area contributed by atoms with Crippen LogP contribution in [0.25, 0.3) is 0 Å². The van der Waals surface area contributed by atoms with Crippen LogP contribution in [0.5, 0.6) is 0 Å². The summed E-state index contributed by atoms with van der Waals surface area (Å²) in [6, 6.07) is 3.31. The molecule has 2 heterocycles. The highest BCUT2D eigenvalue weighted by molar-refractivity contribution is 5.88. The van der Waals surface area contributed by atoms with Crippen molar-refractivity contribution in [2.24, 2.45) is 11.8 Å². The molecule has 4 rings (SSSR count). The van der Waals surface area contributed by atoms with Gasteiger partial charge in [-0.25, -0.2) is 8.78 Å². The number of esters is 1. The number of likely N-dealkylation sites (tertiary alicyclic amines) is 1. The van der Waals surface area contributed by atoms with E-state index in [-0.39, 0.29) is 36.2 Å². The number of amides is 2. The predicted molar refractivity (Wildman–Crippen MR) is 126 cm³/mol. The fraction of sp³-hybridized carbons (Fsp3) is 0.667. The first kappa shape index (κ1) is 25.6. The summed E-state index contributed by atoms with van der Waals surface area (Å²) < 4.78 is 33.6. The molecule has 0 bridgehead atoms. The summed E-state index contributed by atoms with van der Waals surface area (Å²) in [4.78, 5) is 41.7. The van der Waals surface area contributed by atoms with Crippen molar-refractivity contribution < 1.29 is 27.9 Å². The average Bonchev–Trinajstić information content (AvgIpc) is 3.17. The number of nitrogens with zero attached hydrogens (tertiary/aromatic N) is 2. The number of carbonyl (C=O) groups excluding carboxylic acids is 3. The molecule has 2 amide bonds. The first-order valence-electron chi connectivity index (χ1n) is 12.9. The molecule has 2 atom stereocenters. The third-order valence-electron chi connectivity index (χ3n) is 8.35. The number of piperidine rings is 1. The Labute approximate surface area is 206 Å². The maximum atomic E-state index is 14.4. The van der Waals surface area contributed by atoms with E-state index in [1.165, 1.54) is 12.1 Å². The lowest BCUT2D eigenvalue weighted by Crippen LogP contribution is -2.52. The Hall–Kier alpha value is -2.51. The number of ether oxygens (including phenoxy) is 1. The molecule has 3 aliphatic rings. The lowest BCUT2D eigenvalue weighted by atomic mass is 9.75. The summed E-state index contributed by atoms with van der Waals surface area (Å²) in [7, 11) is 1.74. The molecule has 3 fully saturated rings. The van der Waals surface area contributed by atoms with E-state index in [1.54, 1.807) is 18.9 Å². The minimum Gasteiger partial charge on any atom is -0.458 e. The SMILES string of the molecule is CCC(=O)N(C)[C@H](Cc1ccc(F)cc1F)C1CCN(C(=O)[C@@H]2CC(=O)OC23CCCCC3)CC1. The van der Waals surface area contributed by atoms with Gasteiger partial charge < -0.3 is 14.5 Å². The van der Waals surface area contributed by atoms with Crippen LogP contribution >= 0.6 is 0 Å². The van der Waals surface area contributed by atoms with Gasteiger partial charge in [0.2, 0.25) is 11.8 Å². The van der Waals surface area contributed by atoms with Crippen LogP contribution in [-0.2, 0) is 25.5 Å².